The zero-order valence-corrected chi connectivity index (χ0v) is 13.6. The number of carbonyl (C=O) groups excluding carboxylic acids is 1. The summed E-state index contributed by atoms with van der Waals surface area (Å²) in [6.07, 6.45) is 2.82. The smallest absolute Gasteiger partial charge is 0.229 e. The molecular formula is C18H21ClN2O2. The van der Waals surface area contributed by atoms with Gasteiger partial charge in [0.25, 0.3) is 0 Å². The summed E-state index contributed by atoms with van der Waals surface area (Å²) in [6.45, 7) is 0. The van der Waals surface area contributed by atoms with E-state index in [-0.39, 0.29) is 30.3 Å². The molecule has 2 unspecified atom stereocenters. The predicted molar refractivity (Wildman–Crippen MR) is 94.2 cm³/mol. The van der Waals surface area contributed by atoms with Crippen molar-refractivity contribution in [1.29, 1.82) is 0 Å². The SMILES string of the molecule is Cl.NC1CCCC1C(=O)Nc1cccc(Oc2ccccc2)c1. The monoisotopic (exact) mass is 332 g/mol. The van der Waals surface area contributed by atoms with Crippen molar-refractivity contribution in [2.75, 3.05) is 5.32 Å². The average molecular weight is 333 g/mol. The highest BCUT2D eigenvalue weighted by Gasteiger charge is 2.30. The van der Waals surface area contributed by atoms with Crippen LogP contribution in [-0.4, -0.2) is 11.9 Å². The molecule has 3 rings (SSSR count). The first-order valence-electron chi connectivity index (χ1n) is 7.62. The summed E-state index contributed by atoms with van der Waals surface area (Å²) in [5, 5.41) is 2.94. The topological polar surface area (TPSA) is 64.4 Å². The number of carbonyl (C=O) groups is 1. The fourth-order valence-electron chi connectivity index (χ4n) is 2.81. The predicted octanol–water partition coefficient (Wildman–Crippen LogP) is 3.97. The first-order valence-corrected chi connectivity index (χ1v) is 7.62. The number of hydrogen-bond acceptors (Lipinski definition) is 3. The minimum atomic E-state index is -0.0845. The number of rotatable bonds is 4. The zero-order valence-electron chi connectivity index (χ0n) is 12.8. The number of amides is 1. The fourth-order valence-corrected chi connectivity index (χ4v) is 2.81. The lowest BCUT2D eigenvalue weighted by Gasteiger charge is -2.15. The molecule has 0 saturated heterocycles. The number of halogens is 1. The number of para-hydroxylation sites is 1. The van der Waals surface area contributed by atoms with Gasteiger partial charge in [-0.2, -0.15) is 0 Å². The van der Waals surface area contributed by atoms with E-state index < -0.39 is 0 Å². The van der Waals surface area contributed by atoms with Gasteiger partial charge in [-0.1, -0.05) is 30.7 Å². The van der Waals surface area contributed by atoms with Crippen LogP contribution in [-0.2, 0) is 4.79 Å². The van der Waals surface area contributed by atoms with Crippen molar-refractivity contribution in [2.45, 2.75) is 25.3 Å². The maximum Gasteiger partial charge on any atom is 0.229 e. The average Bonchev–Trinajstić information content (AvgIpc) is 2.95. The summed E-state index contributed by atoms with van der Waals surface area (Å²) in [6, 6.07) is 16.9. The van der Waals surface area contributed by atoms with E-state index in [0.29, 0.717) is 5.75 Å². The number of ether oxygens (including phenoxy) is 1. The number of benzene rings is 2. The lowest BCUT2D eigenvalue weighted by molar-refractivity contribution is -0.120. The highest BCUT2D eigenvalue weighted by molar-refractivity contribution is 5.93. The normalized spacial score (nSPS) is 19.7. The third-order valence-corrected chi connectivity index (χ3v) is 3.99. The molecule has 1 aliphatic rings. The van der Waals surface area contributed by atoms with E-state index in [1.54, 1.807) is 0 Å². The maximum atomic E-state index is 12.3. The highest BCUT2D eigenvalue weighted by atomic mass is 35.5. The molecule has 5 heteroatoms. The molecule has 1 amide bonds. The van der Waals surface area contributed by atoms with Crippen molar-refractivity contribution in [2.24, 2.45) is 11.7 Å². The molecule has 0 spiro atoms. The van der Waals surface area contributed by atoms with Gasteiger partial charge in [0.15, 0.2) is 0 Å². The van der Waals surface area contributed by atoms with E-state index in [2.05, 4.69) is 5.32 Å². The van der Waals surface area contributed by atoms with Crippen LogP contribution in [0, 0.1) is 5.92 Å². The Labute approximate surface area is 142 Å². The Hall–Kier alpha value is -2.04. The van der Waals surface area contributed by atoms with Crippen LogP contribution in [0.1, 0.15) is 19.3 Å². The molecule has 0 bridgehead atoms. The Morgan fingerprint density at radius 2 is 1.78 bits per heavy atom. The second-order valence-electron chi connectivity index (χ2n) is 5.63. The van der Waals surface area contributed by atoms with Crippen LogP contribution < -0.4 is 15.8 Å². The lowest BCUT2D eigenvalue weighted by Crippen LogP contribution is -2.34. The summed E-state index contributed by atoms with van der Waals surface area (Å²) in [5.74, 6) is 1.38. The van der Waals surface area contributed by atoms with Gasteiger partial charge in [0.05, 0.1) is 5.92 Å². The van der Waals surface area contributed by atoms with Crippen LogP contribution in [0.4, 0.5) is 5.69 Å². The molecule has 1 saturated carbocycles. The summed E-state index contributed by atoms with van der Waals surface area (Å²) < 4.78 is 5.77. The van der Waals surface area contributed by atoms with Gasteiger partial charge in [-0.05, 0) is 37.1 Å². The maximum absolute atomic E-state index is 12.3. The van der Waals surface area contributed by atoms with Crippen molar-refractivity contribution < 1.29 is 9.53 Å². The number of nitrogens with two attached hydrogens (primary N) is 1. The van der Waals surface area contributed by atoms with Gasteiger partial charge < -0.3 is 15.8 Å². The van der Waals surface area contributed by atoms with Crippen molar-refractivity contribution in [1.82, 2.24) is 0 Å². The van der Waals surface area contributed by atoms with Crippen molar-refractivity contribution in [3.8, 4) is 11.5 Å². The van der Waals surface area contributed by atoms with E-state index in [4.69, 9.17) is 10.5 Å². The summed E-state index contributed by atoms with van der Waals surface area (Å²) in [7, 11) is 0. The summed E-state index contributed by atoms with van der Waals surface area (Å²) in [5.41, 5.74) is 6.71. The van der Waals surface area contributed by atoms with Crippen LogP contribution in [0.25, 0.3) is 0 Å². The lowest BCUT2D eigenvalue weighted by atomic mass is 10.0. The molecule has 122 valence electrons. The van der Waals surface area contributed by atoms with Gasteiger partial charge in [-0.3, -0.25) is 4.79 Å². The van der Waals surface area contributed by atoms with Crippen molar-refractivity contribution in [3.63, 3.8) is 0 Å². The van der Waals surface area contributed by atoms with E-state index in [0.717, 1.165) is 30.7 Å². The molecule has 0 radical (unpaired) electrons. The first-order chi connectivity index (χ1) is 10.7. The van der Waals surface area contributed by atoms with E-state index in [9.17, 15) is 4.79 Å². The standard InChI is InChI=1S/C18H20N2O2.ClH/c19-17-11-5-10-16(17)18(21)20-13-6-4-9-15(12-13)22-14-7-2-1-3-8-14;/h1-4,6-9,12,16-17H,5,10-11,19H2,(H,20,21);1H. The van der Waals surface area contributed by atoms with E-state index in [1.165, 1.54) is 0 Å². The van der Waals surface area contributed by atoms with Gasteiger partial charge in [0, 0.05) is 17.8 Å². The van der Waals surface area contributed by atoms with Crippen LogP contribution in [0.15, 0.2) is 54.6 Å². The summed E-state index contributed by atoms with van der Waals surface area (Å²) >= 11 is 0. The molecule has 2 atom stereocenters. The van der Waals surface area contributed by atoms with E-state index >= 15 is 0 Å². The van der Waals surface area contributed by atoms with Gasteiger partial charge in [0.2, 0.25) is 5.91 Å². The molecular weight excluding hydrogens is 312 g/mol. The third-order valence-electron chi connectivity index (χ3n) is 3.99. The van der Waals surface area contributed by atoms with Gasteiger partial charge in [-0.25, -0.2) is 0 Å². The molecule has 3 N–H and O–H groups in total. The number of hydrogen-bond donors (Lipinski definition) is 2. The second-order valence-corrected chi connectivity index (χ2v) is 5.63. The number of nitrogens with one attached hydrogen (secondary N) is 1. The van der Waals surface area contributed by atoms with E-state index in [1.807, 2.05) is 54.6 Å². The van der Waals surface area contributed by atoms with Gasteiger partial charge >= 0.3 is 0 Å². The molecule has 0 aromatic heterocycles. The molecule has 2 aromatic rings. The van der Waals surface area contributed by atoms with Crippen molar-refractivity contribution >= 4 is 24.0 Å². The minimum Gasteiger partial charge on any atom is -0.457 e. The van der Waals surface area contributed by atoms with Gasteiger partial charge in [0.1, 0.15) is 11.5 Å². The van der Waals surface area contributed by atoms with Crippen LogP contribution in [0.2, 0.25) is 0 Å². The zero-order chi connectivity index (χ0) is 15.4. The number of anilines is 1. The molecule has 4 nitrogen and oxygen atoms in total. The van der Waals surface area contributed by atoms with Crippen molar-refractivity contribution in [3.05, 3.63) is 54.6 Å². The Balaban J connectivity index is 0.00000192. The van der Waals surface area contributed by atoms with Crippen LogP contribution >= 0.6 is 12.4 Å². The molecule has 2 aromatic carbocycles. The Kier molecular flexibility index (Phi) is 6.02. The largest absolute Gasteiger partial charge is 0.457 e. The Morgan fingerprint density at radius 3 is 2.48 bits per heavy atom. The van der Waals surface area contributed by atoms with Crippen LogP contribution in [0.5, 0.6) is 11.5 Å². The van der Waals surface area contributed by atoms with Gasteiger partial charge in [-0.15, -0.1) is 12.4 Å². The second kappa shape index (κ2) is 7.99. The van der Waals surface area contributed by atoms with Crippen LogP contribution in [0.3, 0.4) is 0 Å². The Morgan fingerprint density at radius 1 is 1.04 bits per heavy atom. The first kappa shape index (κ1) is 17.3. The highest BCUT2D eigenvalue weighted by Crippen LogP contribution is 2.27. The molecule has 23 heavy (non-hydrogen) atoms. The third kappa shape index (κ3) is 4.47. The summed E-state index contributed by atoms with van der Waals surface area (Å²) in [4.78, 5) is 12.3. The molecule has 0 heterocycles. The molecule has 0 aliphatic heterocycles. The molecule has 1 aliphatic carbocycles. The minimum absolute atomic E-state index is 0. The molecule has 1 fully saturated rings. The fraction of sp³-hybridized carbons (Fsp3) is 0.278. The quantitative estimate of drug-likeness (QED) is 0.890. The Bertz CT molecular complexity index is 648.